The lowest BCUT2D eigenvalue weighted by Crippen LogP contribution is -2.54. The van der Waals surface area contributed by atoms with Crippen LogP contribution in [0.4, 0.5) is 0 Å². The van der Waals surface area contributed by atoms with Crippen LogP contribution in [0.3, 0.4) is 0 Å². The van der Waals surface area contributed by atoms with Gasteiger partial charge in [-0.3, -0.25) is 0 Å². The lowest BCUT2D eigenvalue weighted by molar-refractivity contribution is -0.281. The van der Waals surface area contributed by atoms with Crippen LogP contribution in [0, 0.1) is 46.3 Å². The summed E-state index contributed by atoms with van der Waals surface area (Å²) < 4.78 is 25.1. The maximum Gasteiger partial charge on any atom is 0.160 e. The first-order valence-corrected chi connectivity index (χ1v) is 19.5. The van der Waals surface area contributed by atoms with E-state index in [4.69, 9.17) is 24.1 Å². The molecule has 9 nitrogen and oxygen atoms in total. The molecule has 0 amide bonds. The molecule has 272 valence electrons. The second-order valence-electron chi connectivity index (χ2n) is 17.2. The Balaban J connectivity index is 1.13. The summed E-state index contributed by atoms with van der Waals surface area (Å²) >= 11 is 0. The molecule has 6 rings (SSSR count). The smallest absolute Gasteiger partial charge is 0.160 e. The van der Waals surface area contributed by atoms with E-state index in [1.165, 1.54) is 57.8 Å². The number of hydrogen-bond donors (Lipinski definition) is 5. The quantitative estimate of drug-likeness (QED) is 0.177. The van der Waals surface area contributed by atoms with E-state index < -0.39 is 30.9 Å². The van der Waals surface area contributed by atoms with Crippen molar-refractivity contribution in [2.75, 3.05) is 32.9 Å². The molecule has 6 fully saturated rings. The molecule has 4 saturated carbocycles. The van der Waals surface area contributed by atoms with E-state index in [9.17, 15) is 15.3 Å². The molecular weight excluding hydrogens is 598 g/mol. The first kappa shape index (κ1) is 36.4. The third-order valence-corrected chi connectivity index (χ3v) is 14.3. The molecular formula is C38H67NO8. The monoisotopic (exact) mass is 665 g/mol. The second-order valence-corrected chi connectivity index (χ2v) is 17.2. The van der Waals surface area contributed by atoms with Crippen molar-refractivity contribution in [3.05, 3.63) is 0 Å². The number of fused-ring (bicyclic) bond motifs is 5. The third-order valence-electron chi connectivity index (χ3n) is 14.3. The molecule has 2 aliphatic heterocycles. The fourth-order valence-electron chi connectivity index (χ4n) is 11.6. The highest BCUT2D eigenvalue weighted by atomic mass is 16.7. The molecule has 9 heteroatoms. The van der Waals surface area contributed by atoms with Crippen LogP contribution in [-0.4, -0.2) is 96.4 Å². The van der Waals surface area contributed by atoms with Gasteiger partial charge in [0.15, 0.2) is 12.6 Å². The van der Waals surface area contributed by atoms with Crippen LogP contribution in [0.25, 0.3) is 0 Å². The van der Waals surface area contributed by atoms with Crippen LogP contribution in [0.15, 0.2) is 0 Å². The molecule has 0 aromatic rings. The van der Waals surface area contributed by atoms with E-state index in [-0.39, 0.29) is 30.8 Å². The van der Waals surface area contributed by atoms with Gasteiger partial charge in [0.1, 0.15) is 6.10 Å². The molecule has 0 aromatic heterocycles. The number of nitrogens with one attached hydrogen (secondary N) is 1. The first-order valence-electron chi connectivity index (χ1n) is 19.5. The second kappa shape index (κ2) is 15.9. The van der Waals surface area contributed by atoms with E-state index in [1.807, 2.05) is 0 Å². The Kier molecular flexibility index (Phi) is 12.3. The van der Waals surface area contributed by atoms with E-state index in [0.29, 0.717) is 61.5 Å². The van der Waals surface area contributed by atoms with Gasteiger partial charge in [-0.25, -0.2) is 0 Å². The summed E-state index contributed by atoms with van der Waals surface area (Å²) in [5.41, 5.74) is 0.591. The van der Waals surface area contributed by atoms with Gasteiger partial charge in [-0.2, -0.15) is 0 Å². The van der Waals surface area contributed by atoms with Gasteiger partial charge in [-0.15, -0.1) is 0 Å². The Labute approximate surface area is 283 Å². The van der Waals surface area contributed by atoms with Crippen molar-refractivity contribution in [3.8, 4) is 0 Å². The van der Waals surface area contributed by atoms with Crippen molar-refractivity contribution < 1.29 is 39.4 Å². The number of rotatable bonds is 13. The molecule has 15 atom stereocenters. The van der Waals surface area contributed by atoms with Gasteiger partial charge in [0.2, 0.25) is 0 Å². The number of ether oxygens (including phenoxy) is 4. The molecule has 2 saturated heterocycles. The molecule has 47 heavy (non-hydrogen) atoms. The molecule has 0 aromatic carbocycles. The van der Waals surface area contributed by atoms with Gasteiger partial charge >= 0.3 is 0 Å². The Morgan fingerprint density at radius 2 is 1.57 bits per heavy atom. The van der Waals surface area contributed by atoms with Crippen molar-refractivity contribution in [2.45, 2.75) is 160 Å². The highest BCUT2D eigenvalue weighted by molar-refractivity contribution is 5.11. The summed E-state index contributed by atoms with van der Waals surface area (Å²) in [4.78, 5) is 0. The number of aliphatic hydroxyl groups is 4. The van der Waals surface area contributed by atoms with Crippen molar-refractivity contribution in [3.63, 3.8) is 0 Å². The zero-order valence-corrected chi connectivity index (χ0v) is 29.6. The summed E-state index contributed by atoms with van der Waals surface area (Å²) in [5, 5.41) is 43.9. The summed E-state index contributed by atoms with van der Waals surface area (Å²) in [6.07, 6.45) is 13.0. The highest BCUT2D eigenvalue weighted by Crippen LogP contribution is 2.68. The van der Waals surface area contributed by atoms with E-state index in [2.05, 4.69) is 26.1 Å². The predicted molar refractivity (Wildman–Crippen MR) is 179 cm³/mol. The Morgan fingerprint density at radius 1 is 0.809 bits per heavy atom. The minimum absolute atomic E-state index is 0.114. The van der Waals surface area contributed by atoms with E-state index in [1.54, 1.807) is 0 Å². The van der Waals surface area contributed by atoms with Gasteiger partial charge in [0.05, 0.1) is 44.2 Å². The van der Waals surface area contributed by atoms with Crippen LogP contribution in [0.5, 0.6) is 0 Å². The van der Waals surface area contributed by atoms with Crippen LogP contribution < -0.4 is 5.32 Å². The van der Waals surface area contributed by atoms with Gasteiger partial charge in [-0.1, -0.05) is 33.6 Å². The maximum absolute atomic E-state index is 10.8. The predicted octanol–water partition coefficient (Wildman–Crippen LogP) is 4.77. The van der Waals surface area contributed by atoms with Gasteiger partial charge < -0.3 is 44.7 Å². The van der Waals surface area contributed by atoms with Crippen molar-refractivity contribution in [1.82, 2.24) is 5.32 Å². The Hall–Kier alpha value is -0.360. The summed E-state index contributed by atoms with van der Waals surface area (Å²) in [7, 11) is 0. The Morgan fingerprint density at radius 3 is 2.38 bits per heavy atom. The number of aliphatic hydroxyl groups excluding tert-OH is 4. The van der Waals surface area contributed by atoms with Crippen molar-refractivity contribution in [1.29, 1.82) is 0 Å². The van der Waals surface area contributed by atoms with Gasteiger partial charge in [-0.05, 0) is 124 Å². The standard InChI is InChI=1S/C38H67NO8/c1-24(22-39-15-16-40)6-4-5-7-30-33(46-36-21-34(32(43)23-45-36)47-35-19-27(42)12-17-44-35)20-31-28-9-8-25-18-26(41)10-13-37(25,2)29(28)11-14-38(30,31)3/h24-36,39-43H,4-23H2,1-3H3/t24?,25?,26?,27?,28?,29?,30-,31?,32?,33?,34?,35?,36?,37?,38?/m0/s1. The summed E-state index contributed by atoms with van der Waals surface area (Å²) in [6.45, 7) is 9.91. The maximum atomic E-state index is 10.8. The minimum atomic E-state index is -0.739. The molecule has 0 radical (unpaired) electrons. The number of hydrogen-bond acceptors (Lipinski definition) is 9. The molecule has 0 bridgehead atoms. The van der Waals surface area contributed by atoms with Gasteiger partial charge in [0.25, 0.3) is 0 Å². The van der Waals surface area contributed by atoms with Crippen LogP contribution >= 0.6 is 0 Å². The van der Waals surface area contributed by atoms with Crippen LogP contribution in [-0.2, 0) is 18.9 Å². The van der Waals surface area contributed by atoms with Crippen molar-refractivity contribution >= 4 is 0 Å². The average Bonchev–Trinajstić information content (AvgIpc) is 3.32. The molecule has 5 N–H and O–H groups in total. The SMILES string of the molecule is CC(CCCC[C@H]1C(OC2CC(OC3CC(O)CCO3)C(O)CO2)CC2C3CCC4CC(O)CCC4(C)C3CCC21C)CNCCO. The minimum Gasteiger partial charge on any atom is -0.395 e. The molecule has 14 unspecified atom stereocenters. The van der Waals surface area contributed by atoms with E-state index >= 15 is 0 Å². The largest absolute Gasteiger partial charge is 0.395 e. The zero-order valence-electron chi connectivity index (χ0n) is 29.6. The van der Waals surface area contributed by atoms with Crippen molar-refractivity contribution in [2.24, 2.45) is 46.3 Å². The van der Waals surface area contributed by atoms with Crippen LogP contribution in [0.2, 0.25) is 0 Å². The first-order chi connectivity index (χ1) is 22.6. The lowest BCUT2D eigenvalue weighted by Gasteiger charge is -2.61. The average molecular weight is 666 g/mol. The summed E-state index contributed by atoms with van der Waals surface area (Å²) in [6, 6.07) is 0. The zero-order chi connectivity index (χ0) is 33.2. The third kappa shape index (κ3) is 8.09. The topological polar surface area (TPSA) is 130 Å². The van der Waals surface area contributed by atoms with E-state index in [0.717, 1.165) is 37.6 Å². The molecule has 4 aliphatic carbocycles. The Bertz CT molecular complexity index is 987. The molecule has 2 heterocycles. The van der Waals surface area contributed by atoms with Crippen LogP contribution in [0.1, 0.15) is 117 Å². The molecule has 6 aliphatic rings. The lowest BCUT2D eigenvalue weighted by atomic mass is 9.44. The molecule has 0 spiro atoms. The normalized spacial score (nSPS) is 47.6. The highest BCUT2D eigenvalue weighted by Gasteiger charge is 2.62. The fraction of sp³-hybridized carbons (Fsp3) is 1.00. The fourth-order valence-corrected chi connectivity index (χ4v) is 11.6. The summed E-state index contributed by atoms with van der Waals surface area (Å²) in [5.74, 6) is 3.82. The van der Waals surface area contributed by atoms with Gasteiger partial charge in [0, 0.05) is 19.4 Å². The number of unbranched alkanes of at least 4 members (excludes halogenated alkanes) is 1.